The van der Waals surface area contributed by atoms with Gasteiger partial charge in [0.1, 0.15) is 0 Å². The molecule has 0 bridgehead atoms. The highest BCUT2D eigenvalue weighted by Gasteiger charge is 2.49. The van der Waals surface area contributed by atoms with E-state index in [2.05, 4.69) is 28.8 Å². The summed E-state index contributed by atoms with van der Waals surface area (Å²) in [5.41, 5.74) is 3.05. The van der Waals surface area contributed by atoms with Gasteiger partial charge in [-0.3, -0.25) is 0 Å². The minimum Gasteiger partial charge on any atom is -0.336 e. The number of imidazole rings is 1. The van der Waals surface area contributed by atoms with Crippen LogP contribution in [-0.2, 0) is 19.0 Å². The molecule has 88 valence electrons. The fraction of sp³-hybridized carbons (Fsp3) is 0.769. The zero-order chi connectivity index (χ0) is 11.2. The fourth-order valence-corrected chi connectivity index (χ4v) is 3.44. The molecule has 3 heteroatoms. The number of aromatic nitrogens is 2. The van der Waals surface area contributed by atoms with E-state index >= 15 is 0 Å². The van der Waals surface area contributed by atoms with E-state index in [1.165, 1.54) is 37.1 Å². The Balaban J connectivity index is 2.08. The summed E-state index contributed by atoms with van der Waals surface area (Å²) >= 11 is 0. The van der Waals surface area contributed by atoms with E-state index in [1.54, 1.807) is 0 Å². The first-order chi connectivity index (χ1) is 7.78. The highest BCUT2D eigenvalue weighted by Crippen LogP contribution is 2.50. The monoisotopic (exact) mass is 219 g/mol. The van der Waals surface area contributed by atoms with Gasteiger partial charge in [-0.15, -0.1) is 0 Å². The van der Waals surface area contributed by atoms with Gasteiger partial charge in [0.2, 0.25) is 0 Å². The maximum atomic E-state index is 4.57. The summed E-state index contributed by atoms with van der Waals surface area (Å²) in [5, 5.41) is 3.82. The van der Waals surface area contributed by atoms with E-state index in [0.29, 0.717) is 0 Å². The molecule has 2 aliphatic rings. The predicted molar refractivity (Wildman–Crippen MR) is 64.2 cm³/mol. The van der Waals surface area contributed by atoms with Crippen LogP contribution in [0.3, 0.4) is 0 Å². The van der Waals surface area contributed by atoms with Crippen molar-refractivity contribution in [1.29, 1.82) is 0 Å². The number of fused-ring (bicyclic) bond motifs is 1. The van der Waals surface area contributed by atoms with E-state index in [9.17, 15) is 0 Å². The van der Waals surface area contributed by atoms with Crippen LogP contribution in [-0.4, -0.2) is 16.1 Å². The molecule has 3 rings (SSSR count). The van der Waals surface area contributed by atoms with Crippen LogP contribution in [0.2, 0.25) is 0 Å². The van der Waals surface area contributed by atoms with Crippen molar-refractivity contribution in [3.8, 4) is 0 Å². The van der Waals surface area contributed by atoms with Crippen molar-refractivity contribution >= 4 is 0 Å². The molecule has 0 spiro atoms. The van der Waals surface area contributed by atoms with Gasteiger partial charge in [0.25, 0.3) is 0 Å². The first-order valence-corrected chi connectivity index (χ1v) is 6.53. The van der Waals surface area contributed by atoms with Gasteiger partial charge in [-0.25, -0.2) is 4.98 Å². The Morgan fingerprint density at radius 3 is 3.06 bits per heavy atom. The highest BCUT2D eigenvalue weighted by atomic mass is 15.1. The van der Waals surface area contributed by atoms with Crippen molar-refractivity contribution in [1.82, 2.24) is 14.9 Å². The van der Waals surface area contributed by atoms with E-state index in [-0.39, 0.29) is 5.54 Å². The maximum Gasteiger partial charge on any atom is 0.0949 e. The summed E-state index contributed by atoms with van der Waals surface area (Å²) in [5.74, 6) is 0.849. The molecular weight excluding hydrogens is 198 g/mol. The van der Waals surface area contributed by atoms with Crippen molar-refractivity contribution in [2.45, 2.75) is 44.6 Å². The lowest BCUT2D eigenvalue weighted by Crippen LogP contribution is -2.50. The molecule has 1 aromatic heterocycles. The zero-order valence-electron chi connectivity index (χ0n) is 10.3. The summed E-state index contributed by atoms with van der Waals surface area (Å²) in [6.45, 7) is 3.39. The molecule has 0 amide bonds. The molecule has 1 fully saturated rings. The van der Waals surface area contributed by atoms with Crippen molar-refractivity contribution in [2.24, 2.45) is 13.0 Å². The Hall–Kier alpha value is -0.830. The minimum absolute atomic E-state index is 0.244. The fourth-order valence-electron chi connectivity index (χ4n) is 3.44. The van der Waals surface area contributed by atoms with Crippen LogP contribution in [0.15, 0.2) is 6.33 Å². The minimum atomic E-state index is 0.244. The average molecular weight is 219 g/mol. The van der Waals surface area contributed by atoms with Crippen molar-refractivity contribution in [3.63, 3.8) is 0 Å². The molecule has 3 nitrogen and oxygen atoms in total. The second-order valence-electron chi connectivity index (χ2n) is 5.32. The largest absolute Gasteiger partial charge is 0.336 e. The summed E-state index contributed by atoms with van der Waals surface area (Å²) in [7, 11) is 2.14. The molecule has 0 saturated heterocycles. The molecule has 0 aromatic carbocycles. The zero-order valence-corrected chi connectivity index (χ0v) is 10.3. The third kappa shape index (κ3) is 1.34. The van der Waals surface area contributed by atoms with Gasteiger partial charge in [0.15, 0.2) is 0 Å². The Morgan fingerprint density at radius 1 is 1.56 bits per heavy atom. The third-order valence-electron chi connectivity index (χ3n) is 4.16. The summed E-state index contributed by atoms with van der Waals surface area (Å²) < 4.78 is 2.25. The molecule has 2 heterocycles. The number of nitrogens with zero attached hydrogens (tertiary/aromatic N) is 2. The molecule has 0 radical (unpaired) electrons. The van der Waals surface area contributed by atoms with Crippen molar-refractivity contribution in [3.05, 3.63) is 17.7 Å². The first-order valence-electron chi connectivity index (χ1n) is 6.53. The number of rotatable bonds is 3. The standard InChI is InChI=1S/C13H21N3/c1-3-7-13(10-4-5-10)12-11(6-8-15-13)14-9-16(12)2/h9-10,15H,3-8H2,1-2H3. The van der Waals surface area contributed by atoms with Crippen LogP contribution in [0.5, 0.6) is 0 Å². The molecule has 1 N–H and O–H groups in total. The van der Waals surface area contributed by atoms with Gasteiger partial charge in [0.05, 0.1) is 23.3 Å². The lowest BCUT2D eigenvalue weighted by atomic mass is 9.80. The first kappa shape index (κ1) is 10.3. The van der Waals surface area contributed by atoms with Gasteiger partial charge < -0.3 is 9.88 Å². The second kappa shape index (κ2) is 3.59. The van der Waals surface area contributed by atoms with Crippen molar-refractivity contribution < 1.29 is 0 Å². The van der Waals surface area contributed by atoms with Crippen LogP contribution < -0.4 is 5.32 Å². The van der Waals surface area contributed by atoms with Gasteiger partial charge in [0, 0.05) is 20.0 Å². The van der Waals surface area contributed by atoms with Crippen LogP contribution >= 0.6 is 0 Å². The Labute approximate surface area is 97.3 Å². The Bertz CT molecular complexity index is 392. The molecular formula is C13H21N3. The van der Waals surface area contributed by atoms with Gasteiger partial charge >= 0.3 is 0 Å². The smallest absolute Gasteiger partial charge is 0.0949 e. The Morgan fingerprint density at radius 2 is 2.38 bits per heavy atom. The maximum absolute atomic E-state index is 4.57. The van der Waals surface area contributed by atoms with Gasteiger partial charge in [-0.1, -0.05) is 13.3 Å². The topological polar surface area (TPSA) is 29.9 Å². The second-order valence-corrected chi connectivity index (χ2v) is 5.32. The van der Waals surface area contributed by atoms with Gasteiger partial charge in [-0.2, -0.15) is 0 Å². The van der Waals surface area contributed by atoms with Crippen LogP contribution in [0.1, 0.15) is 44.0 Å². The Kier molecular flexibility index (Phi) is 2.32. The highest BCUT2D eigenvalue weighted by molar-refractivity contribution is 5.29. The summed E-state index contributed by atoms with van der Waals surface area (Å²) in [6.07, 6.45) is 8.35. The molecule has 1 aromatic rings. The van der Waals surface area contributed by atoms with E-state index in [0.717, 1.165) is 18.9 Å². The van der Waals surface area contributed by atoms with Crippen molar-refractivity contribution in [2.75, 3.05) is 6.54 Å². The van der Waals surface area contributed by atoms with E-state index in [4.69, 9.17) is 0 Å². The van der Waals surface area contributed by atoms with Crippen LogP contribution in [0.25, 0.3) is 0 Å². The van der Waals surface area contributed by atoms with Crippen LogP contribution in [0.4, 0.5) is 0 Å². The SMILES string of the molecule is CCCC1(C2CC2)NCCc2ncn(C)c21. The lowest BCUT2D eigenvalue weighted by molar-refractivity contribution is 0.235. The molecule has 1 unspecified atom stereocenters. The lowest BCUT2D eigenvalue weighted by Gasteiger charge is -2.39. The molecule has 1 aliphatic carbocycles. The normalized spacial score (nSPS) is 29.1. The average Bonchev–Trinajstić information content (AvgIpc) is 3.05. The number of hydrogen-bond acceptors (Lipinski definition) is 2. The number of hydrogen-bond donors (Lipinski definition) is 1. The third-order valence-corrected chi connectivity index (χ3v) is 4.16. The summed E-state index contributed by atoms with van der Waals surface area (Å²) in [6, 6.07) is 0. The molecule has 1 aliphatic heterocycles. The predicted octanol–water partition coefficient (Wildman–Crippen LogP) is 1.97. The number of nitrogens with one attached hydrogen (secondary N) is 1. The number of aryl methyl sites for hydroxylation is 1. The molecule has 1 atom stereocenters. The quantitative estimate of drug-likeness (QED) is 0.842. The van der Waals surface area contributed by atoms with E-state index < -0.39 is 0 Å². The van der Waals surface area contributed by atoms with E-state index in [1.807, 2.05) is 6.33 Å². The molecule has 16 heavy (non-hydrogen) atoms. The van der Waals surface area contributed by atoms with Gasteiger partial charge in [-0.05, 0) is 25.2 Å². The van der Waals surface area contributed by atoms with Crippen LogP contribution in [0, 0.1) is 5.92 Å². The molecule has 1 saturated carbocycles. The summed E-state index contributed by atoms with van der Waals surface area (Å²) in [4.78, 5) is 4.57.